The molecule has 0 bridgehead atoms. The van der Waals surface area contributed by atoms with Gasteiger partial charge in [0.15, 0.2) is 11.6 Å². The van der Waals surface area contributed by atoms with Crippen molar-refractivity contribution in [3.8, 4) is 5.75 Å². The summed E-state index contributed by atoms with van der Waals surface area (Å²) in [6.45, 7) is 0. The fourth-order valence-corrected chi connectivity index (χ4v) is 2.71. The Morgan fingerprint density at radius 1 is 1.10 bits per heavy atom. The van der Waals surface area contributed by atoms with E-state index < -0.39 is 21.7 Å². The number of halogens is 2. The van der Waals surface area contributed by atoms with E-state index >= 15 is 0 Å². The Kier molecular flexibility index (Phi) is 3.99. The molecule has 0 atom stereocenters. The van der Waals surface area contributed by atoms with Gasteiger partial charge in [-0.25, -0.2) is 17.2 Å². The van der Waals surface area contributed by atoms with Crippen molar-refractivity contribution in [1.82, 2.24) is 0 Å². The standard InChI is InChI=1S/C13H12F2N2O3S/c1-20-13-6-8(2-4-11(13)15)17-21(18,19)9-3-5-10(14)12(16)7-9/h2-7,17H,16H2,1H3. The van der Waals surface area contributed by atoms with Crippen LogP contribution in [-0.2, 0) is 10.0 Å². The number of rotatable bonds is 4. The molecule has 0 aliphatic heterocycles. The normalized spacial score (nSPS) is 11.2. The summed E-state index contributed by atoms with van der Waals surface area (Å²) in [7, 11) is -2.70. The van der Waals surface area contributed by atoms with E-state index in [0.29, 0.717) is 0 Å². The maximum absolute atomic E-state index is 13.3. The molecule has 0 fully saturated rings. The zero-order chi connectivity index (χ0) is 15.6. The molecule has 5 nitrogen and oxygen atoms in total. The van der Waals surface area contributed by atoms with Gasteiger partial charge in [0, 0.05) is 6.07 Å². The molecule has 0 aliphatic rings. The van der Waals surface area contributed by atoms with E-state index in [1.807, 2.05) is 0 Å². The van der Waals surface area contributed by atoms with Gasteiger partial charge in [-0.05, 0) is 30.3 Å². The SMILES string of the molecule is COc1cc(NS(=O)(=O)c2ccc(F)c(N)c2)ccc1F. The summed E-state index contributed by atoms with van der Waals surface area (Å²) < 4.78 is 57.6. The van der Waals surface area contributed by atoms with E-state index in [0.717, 1.165) is 24.3 Å². The average Bonchev–Trinajstić information content (AvgIpc) is 2.43. The minimum atomic E-state index is -3.97. The lowest BCUT2D eigenvalue weighted by Crippen LogP contribution is -2.13. The number of ether oxygens (including phenoxy) is 1. The fourth-order valence-electron chi connectivity index (χ4n) is 1.63. The van der Waals surface area contributed by atoms with Crippen molar-refractivity contribution in [2.45, 2.75) is 4.90 Å². The Bertz CT molecular complexity index is 779. The Labute approximate surface area is 120 Å². The van der Waals surface area contributed by atoms with Crippen LogP contribution in [0.15, 0.2) is 41.3 Å². The van der Waals surface area contributed by atoms with E-state index in [-0.39, 0.29) is 22.0 Å². The molecule has 0 heterocycles. The van der Waals surface area contributed by atoms with Crippen LogP contribution in [0, 0.1) is 11.6 Å². The van der Waals surface area contributed by atoms with Crippen LogP contribution in [0.1, 0.15) is 0 Å². The van der Waals surface area contributed by atoms with Crippen LogP contribution in [0.2, 0.25) is 0 Å². The predicted octanol–water partition coefficient (Wildman–Crippen LogP) is 2.36. The van der Waals surface area contributed by atoms with Gasteiger partial charge in [0.25, 0.3) is 10.0 Å². The summed E-state index contributed by atoms with van der Waals surface area (Å²) in [5.74, 6) is -1.43. The number of anilines is 2. The molecule has 0 aliphatic carbocycles. The van der Waals surface area contributed by atoms with Crippen LogP contribution < -0.4 is 15.2 Å². The van der Waals surface area contributed by atoms with Gasteiger partial charge in [0.1, 0.15) is 5.82 Å². The third kappa shape index (κ3) is 3.22. The van der Waals surface area contributed by atoms with E-state index in [1.54, 1.807) is 0 Å². The number of nitrogen functional groups attached to an aromatic ring is 1. The molecule has 21 heavy (non-hydrogen) atoms. The molecule has 2 aromatic rings. The first-order chi connectivity index (χ1) is 9.83. The summed E-state index contributed by atoms with van der Waals surface area (Å²) >= 11 is 0. The summed E-state index contributed by atoms with van der Waals surface area (Å²) in [4.78, 5) is -0.204. The second-order valence-electron chi connectivity index (χ2n) is 4.14. The van der Waals surface area contributed by atoms with Crippen LogP contribution in [0.3, 0.4) is 0 Å². The topological polar surface area (TPSA) is 81.4 Å². The van der Waals surface area contributed by atoms with Crippen molar-refractivity contribution in [1.29, 1.82) is 0 Å². The first-order valence-electron chi connectivity index (χ1n) is 5.75. The largest absolute Gasteiger partial charge is 0.494 e. The number of nitrogens with two attached hydrogens (primary N) is 1. The molecule has 0 amide bonds. The van der Waals surface area contributed by atoms with Crippen LogP contribution in [-0.4, -0.2) is 15.5 Å². The van der Waals surface area contributed by atoms with Gasteiger partial charge in [-0.15, -0.1) is 0 Å². The van der Waals surface area contributed by atoms with Crippen molar-refractivity contribution in [2.24, 2.45) is 0 Å². The monoisotopic (exact) mass is 314 g/mol. The lowest BCUT2D eigenvalue weighted by atomic mass is 10.3. The molecule has 8 heteroatoms. The van der Waals surface area contributed by atoms with Crippen LogP contribution in [0.5, 0.6) is 5.75 Å². The molecule has 0 radical (unpaired) electrons. The van der Waals surface area contributed by atoms with Gasteiger partial charge in [-0.1, -0.05) is 0 Å². The van der Waals surface area contributed by atoms with Crippen LogP contribution in [0.25, 0.3) is 0 Å². The van der Waals surface area contributed by atoms with Crippen molar-refractivity contribution < 1.29 is 21.9 Å². The molecule has 2 rings (SSSR count). The highest BCUT2D eigenvalue weighted by Crippen LogP contribution is 2.24. The molecular formula is C13H12F2N2O3S. The molecule has 3 N–H and O–H groups in total. The Morgan fingerprint density at radius 2 is 1.76 bits per heavy atom. The third-order valence-electron chi connectivity index (χ3n) is 2.68. The van der Waals surface area contributed by atoms with Crippen LogP contribution >= 0.6 is 0 Å². The molecule has 0 spiro atoms. The number of benzene rings is 2. The Balaban J connectivity index is 2.35. The number of nitrogens with one attached hydrogen (secondary N) is 1. The molecule has 112 valence electrons. The van der Waals surface area contributed by atoms with Crippen molar-refractivity contribution in [3.63, 3.8) is 0 Å². The molecule has 0 unspecified atom stereocenters. The van der Waals surface area contributed by atoms with Crippen LogP contribution in [0.4, 0.5) is 20.2 Å². The second kappa shape index (κ2) is 5.57. The third-order valence-corrected chi connectivity index (χ3v) is 4.06. The van der Waals surface area contributed by atoms with Gasteiger partial charge in [0.2, 0.25) is 0 Å². The minimum Gasteiger partial charge on any atom is -0.494 e. The summed E-state index contributed by atoms with van der Waals surface area (Å²) in [6.07, 6.45) is 0. The molecule has 0 saturated carbocycles. The summed E-state index contributed by atoms with van der Waals surface area (Å²) in [5, 5.41) is 0. The number of hydrogen-bond donors (Lipinski definition) is 2. The van der Waals surface area contributed by atoms with Crippen molar-refractivity contribution >= 4 is 21.4 Å². The Hall–Kier alpha value is -2.35. The summed E-state index contributed by atoms with van der Waals surface area (Å²) in [6, 6.07) is 6.53. The van der Waals surface area contributed by atoms with Gasteiger partial charge in [-0.2, -0.15) is 0 Å². The number of hydrogen-bond acceptors (Lipinski definition) is 4. The molecule has 0 aromatic heterocycles. The van der Waals surface area contributed by atoms with Crippen molar-refractivity contribution in [3.05, 3.63) is 48.0 Å². The molecule has 0 saturated heterocycles. The summed E-state index contributed by atoms with van der Waals surface area (Å²) in [5.41, 5.74) is 5.16. The van der Waals surface area contributed by atoms with Gasteiger partial charge >= 0.3 is 0 Å². The maximum atomic E-state index is 13.3. The Morgan fingerprint density at radius 3 is 2.38 bits per heavy atom. The first-order valence-corrected chi connectivity index (χ1v) is 7.23. The van der Waals surface area contributed by atoms with Gasteiger partial charge in [0.05, 0.1) is 23.4 Å². The smallest absolute Gasteiger partial charge is 0.261 e. The van der Waals surface area contributed by atoms with E-state index in [2.05, 4.69) is 4.72 Å². The highest BCUT2D eigenvalue weighted by atomic mass is 32.2. The zero-order valence-corrected chi connectivity index (χ0v) is 11.7. The predicted molar refractivity (Wildman–Crippen MR) is 74.6 cm³/mol. The quantitative estimate of drug-likeness (QED) is 0.849. The second-order valence-corrected chi connectivity index (χ2v) is 5.82. The highest BCUT2D eigenvalue weighted by molar-refractivity contribution is 7.92. The minimum absolute atomic E-state index is 0.103. The average molecular weight is 314 g/mol. The number of methoxy groups -OCH3 is 1. The molecule has 2 aromatic carbocycles. The maximum Gasteiger partial charge on any atom is 0.261 e. The van der Waals surface area contributed by atoms with Gasteiger partial charge in [-0.3, -0.25) is 4.72 Å². The molecular weight excluding hydrogens is 302 g/mol. The van der Waals surface area contributed by atoms with E-state index in [4.69, 9.17) is 10.5 Å². The first kappa shape index (κ1) is 15.0. The van der Waals surface area contributed by atoms with E-state index in [9.17, 15) is 17.2 Å². The fraction of sp³-hybridized carbons (Fsp3) is 0.0769. The number of sulfonamides is 1. The van der Waals surface area contributed by atoms with Gasteiger partial charge < -0.3 is 10.5 Å². The van der Waals surface area contributed by atoms with Crippen molar-refractivity contribution in [2.75, 3.05) is 17.6 Å². The zero-order valence-electron chi connectivity index (χ0n) is 10.9. The lowest BCUT2D eigenvalue weighted by molar-refractivity contribution is 0.387. The van der Waals surface area contributed by atoms with E-state index in [1.165, 1.54) is 19.2 Å². The lowest BCUT2D eigenvalue weighted by Gasteiger charge is -2.10. The highest BCUT2D eigenvalue weighted by Gasteiger charge is 2.16.